The predicted molar refractivity (Wildman–Crippen MR) is 180 cm³/mol. The number of aliphatic hydroxyl groups excluding tert-OH is 1. The van der Waals surface area contributed by atoms with Gasteiger partial charge in [-0.05, 0) is 103 Å². The molecule has 0 saturated carbocycles. The minimum absolute atomic E-state index is 0.00424. The number of benzene rings is 2. The fraction of sp³-hybridized carbons (Fsp3) is 0.541. The van der Waals surface area contributed by atoms with E-state index in [0.717, 1.165) is 44.5 Å². The minimum atomic E-state index is -1.33. The number of rotatable bonds is 5. The topological polar surface area (TPSA) is 142 Å². The van der Waals surface area contributed by atoms with Crippen molar-refractivity contribution in [2.75, 3.05) is 33.5 Å². The predicted octanol–water partition coefficient (Wildman–Crippen LogP) is 4.50. The molecule has 5 rings (SSSR count). The number of carbonyl (C=O) groups excluding carboxylic acids is 3. The molecule has 0 bridgehead atoms. The quantitative estimate of drug-likeness (QED) is 0.394. The first kappa shape index (κ1) is 37.1. The molecular formula is C37H50N2O9. The van der Waals surface area contributed by atoms with Crippen molar-refractivity contribution in [2.24, 2.45) is 0 Å². The molecule has 3 N–H and O–H groups in total. The lowest BCUT2D eigenvalue weighted by Crippen LogP contribution is -2.66. The smallest absolute Gasteiger partial charge is 0.336 e. The Balaban J connectivity index is 0.000000217. The molecule has 11 heteroatoms. The van der Waals surface area contributed by atoms with Crippen LogP contribution in [0.3, 0.4) is 0 Å². The first-order valence-corrected chi connectivity index (χ1v) is 16.1. The average Bonchev–Trinajstić information content (AvgIpc) is 3.22. The molecule has 1 spiro atoms. The second kappa shape index (κ2) is 13.6. The van der Waals surface area contributed by atoms with Crippen LogP contribution in [0.4, 0.5) is 0 Å². The van der Waals surface area contributed by atoms with Crippen molar-refractivity contribution in [3.05, 3.63) is 74.5 Å². The zero-order valence-corrected chi connectivity index (χ0v) is 30.1. The number of methoxy groups -OCH3 is 1. The van der Waals surface area contributed by atoms with Crippen molar-refractivity contribution < 1.29 is 43.2 Å². The van der Waals surface area contributed by atoms with E-state index in [0.29, 0.717) is 5.57 Å². The first-order valence-electron chi connectivity index (χ1n) is 16.1. The van der Waals surface area contributed by atoms with Gasteiger partial charge in [0.15, 0.2) is 17.1 Å². The van der Waals surface area contributed by atoms with Gasteiger partial charge >= 0.3 is 5.97 Å². The summed E-state index contributed by atoms with van der Waals surface area (Å²) in [5.74, 6) is -2.64. The molecule has 2 aromatic carbocycles. The highest BCUT2D eigenvalue weighted by molar-refractivity contribution is 6.24. The molecule has 0 radical (unpaired) electrons. The van der Waals surface area contributed by atoms with Gasteiger partial charge < -0.3 is 39.4 Å². The Hall–Kier alpha value is -3.77. The maximum Gasteiger partial charge on any atom is 0.336 e. The summed E-state index contributed by atoms with van der Waals surface area (Å²) in [6.07, 6.45) is 0.181. The van der Waals surface area contributed by atoms with Crippen LogP contribution in [0, 0.1) is 41.5 Å². The second-order valence-electron chi connectivity index (χ2n) is 14.2. The fourth-order valence-corrected chi connectivity index (χ4v) is 6.45. The van der Waals surface area contributed by atoms with E-state index in [1.807, 2.05) is 79.7 Å². The molecule has 0 aromatic heterocycles. The van der Waals surface area contributed by atoms with E-state index in [1.165, 1.54) is 7.11 Å². The van der Waals surface area contributed by atoms with E-state index in [2.05, 4.69) is 10.6 Å². The van der Waals surface area contributed by atoms with Crippen LogP contribution in [0.25, 0.3) is 5.57 Å². The third kappa shape index (κ3) is 7.75. The van der Waals surface area contributed by atoms with E-state index in [1.54, 1.807) is 13.8 Å². The van der Waals surface area contributed by atoms with E-state index in [-0.39, 0.29) is 50.4 Å². The summed E-state index contributed by atoms with van der Waals surface area (Å²) in [5.41, 5.74) is 6.07. The van der Waals surface area contributed by atoms with Crippen LogP contribution in [-0.2, 0) is 44.5 Å². The summed E-state index contributed by atoms with van der Waals surface area (Å²) in [6.45, 7) is 19.4. The Bertz CT molecular complexity index is 1570. The third-order valence-corrected chi connectivity index (χ3v) is 8.99. The average molecular weight is 667 g/mol. The number of carbonyl (C=O) groups is 3. The first-order chi connectivity index (χ1) is 22.2. The van der Waals surface area contributed by atoms with E-state index in [9.17, 15) is 19.5 Å². The van der Waals surface area contributed by atoms with Crippen LogP contribution >= 0.6 is 0 Å². The number of aryl methyl sites for hydroxylation is 6. The lowest BCUT2D eigenvalue weighted by atomic mass is 9.90. The Morgan fingerprint density at radius 2 is 1.23 bits per heavy atom. The summed E-state index contributed by atoms with van der Waals surface area (Å²) in [6, 6.07) is 8.11. The molecular weight excluding hydrogens is 616 g/mol. The molecule has 3 aliphatic rings. The van der Waals surface area contributed by atoms with Gasteiger partial charge in [-0.25, -0.2) is 4.79 Å². The van der Waals surface area contributed by atoms with Crippen LogP contribution in [0.1, 0.15) is 72.2 Å². The summed E-state index contributed by atoms with van der Waals surface area (Å²) in [5, 5.41) is 16.4. The van der Waals surface area contributed by atoms with Crippen molar-refractivity contribution in [3.63, 3.8) is 0 Å². The van der Waals surface area contributed by atoms with E-state index >= 15 is 0 Å². The summed E-state index contributed by atoms with van der Waals surface area (Å²) >= 11 is 0. The fourth-order valence-electron chi connectivity index (χ4n) is 6.45. The van der Waals surface area contributed by atoms with Crippen molar-refractivity contribution in [1.29, 1.82) is 0 Å². The molecule has 3 aliphatic heterocycles. The summed E-state index contributed by atoms with van der Waals surface area (Å²) < 4.78 is 27.3. The van der Waals surface area contributed by atoms with Gasteiger partial charge in [-0.1, -0.05) is 35.4 Å². The standard InChI is InChI=1S/C19H27NO5.C18H23NO4/c1-12-7-13(2)15(14(3)8-12)9-16(21)20-19(17(22)23-6)10-24-18(4,5)25-11-19;1-10-6-11(2)13(12(3)7-10)14-15(20)18(19-16(14)21)8-22-17(4,5)23-9-18/h7-8H,9-11H2,1-6H3,(H,20,21);6-7,20H,8-9H2,1-5H3,(H,19,21). The van der Waals surface area contributed by atoms with Gasteiger partial charge in [-0.15, -0.1) is 0 Å². The van der Waals surface area contributed by atoms with Gasteiger partial charge in [0.1, 0.15) is 11.3 Å². The van der Waals surface area contributed by atoms with Crippen LogP contribution in [0.2, 0.25) is 0 Å². The molecule has 2 aromatic rings. The van der Waals surface area contributed by atoms with Crippen LogP contribution in [0.15, 0.2) is 30.0 Å². The molecule has 11 nitrogen and oxygen atoms in total. The zero-order valence-electron chi connectivity index (χ0n) is 30.1. The Morgan fingerprint density at radius 3 is 1.69 bits per heavy atom. The monoisotopic (exact) mass is 666 g/mol. The third-order valence-electron chi connectivity index (χ3n) is 8.99. The number of hydrogen-bond acceptors (Lipinski definition) is 9. The number of amides is 2. The number of esters is 1. The molecule has 0 atom stereocenters. The van der Waals surface area contributed by atoms with Crippen molar-refractivity contribution in [1.82, 2.24) is 10.6 Å². The van der Waals surface area contributed by atoms with Gasteiger partial charge in [0.2, 0.25) is 5.91 Å². The molecule has 2 amide bonds. The Morgan fingerprint density at radius 1 is 0.792 bits per heavy atom. The molecule has 2 saturated heterocycles. The van der Waals surface area contributed by atoms with Gasteiger partial charge in [-0.3, -0.25) is 9.59 Å². The molecule has 2 fully saturated rings. The van der Waals surface area contributed by atoms with Crippen molar-refractivity contribution in [2.45, 2.75) is 98.3 Å². The number of ether oxygens (including phenoxy) is 5. The summed E-state index contributed by atoms with van der Waals surface area (Å²) in [4.78, 5) is 37.5. The Labute approximate surface area is 283 Å². The van der Waals surface area contributed by atoms with Crippen molar-refractivity contribution in [3.8, 4) is 0 Å². The molecule has 3 heterocycles. The minimum Gasteiger partial charge on any atom is -0.509 e. The molecule has 0 unspecified atom stereocenters. The molecule has 48 heavy (non-hydrogen) atoms. The highest BCUT2D eigenvalue weighted by Gasteiger charge is 2.51. The van der Waals surface area contributed by atoms with E-state index < -0.39 is 28.6 Å². The molecule has 262 valence electrons. The largest absolute Gasteiger partial charge is 0.509 e. The summed E-state index contributed by atoms with van der Waals surface area (Å²) in [7, 11) is 1.28. The SMILES string of the molecule is COC(=O)C1(NC(=O)Cc2c(C)cc(C)cc2C)COC(C)(C)OC1.Cc1cc(C)c(C2=C(O)C3(COC(C)(C)OC3)NC2=O)c(C)c1. The normalized spacial score (nSPS) is 20.4. The Kier molecular flexibility index (Phi) is 10.5. The molecule has 0 aliphatic carbocycles. The van der Waals surface area contributed by atoms with Crippen molar-refractivity contribution >= 4 is 23.4 Å². The second-order valence-corrected chi connectivity index (χ2v) is 14.2. The highest BCUT2D eigenvalue weighted by atomic mass is 16.7. The van der Waals surface area contributed by atoms with Crippen LogP contribution in [-0.4, -0.2) is 79.1 Å². The van der Waals surface area contributed by atoms with Crippen LogP contribution in [0.5, 0.6) is 0 Å². The number of hydrogen-bond donors (Lipinski definition) is 3. The van der Waals surface area contributed by atoms with Gasteiger partial charge in [-0.2, -0.15) is 0 Å². The number of nitrogens with one attached hydrogen (secondary N) is 2. The maximum atomic E-state index is 12.6. The van der Waals surface area contributed by atoms with E-state index in [4.69, 9.17) is 23.7 Å². The van der Waals surface area contributed by atoms with Gasteiger partial charge in [0.25, 0.3) is 5.91 Å². The highest BCUT2D eigenvalue weighted by Crippen LogP contribution is 2.39. The van der Waals surface area contributed by atoms with Gasteiger partial charge in [0.05, 0.1) is 45.5 Å². The lowest BCUT2D eigenvalue weighted by Gasteiger charge is -2.41. The zero-order chi connectivity index (χ0) is 35.8. The van der Waals surface area contributed by atoms with Crippen LogP contribution < -0.4 is 10.6 Å². The van der Waals surface area contributed by atoms with Gasteiger partial charge in [0, 0.05) is 0 Å². The maximum absolute atomic E-state index is 12.6. The lowest BCUT2D eigenvalue weighted by molar-refractivity contribution is -0.270. The number of aliphatic hydroxyl groups is 1.